The van der Waals surface area contributed by atoms with Gasteiger partial charge in [-0.3, -0.25) is 0 Å². The van der Waals surface area contributed by atoms with Crippen molar-refractivity contribution >= 4 is 18.4 Å². The van der Waals surface area contributed by atoms with Gasteiger partial charge < -0.3 is 0 Å². The van der Waals surface area contributed by atoms with E-state index in [4.69, 9.17) is 0 Å². The van der Waals surface area contributed by atoms with Crippen LogP contribution in [-0.2, 0) is 2.17 Å². The molecule has 0 bridgehead atoms. The van der Waals surface area contributed by atoms with E-state index in [0.717, 1.165) is 0 Å². The Morgan fingerprint density at radius 2 is 0.609 bits per heavy atom. The first-order valence-corrected chi connectivity index (χ1v) is 84.0. The molecule has 2 aliphatic carbocycles. The molecule has 0 saturated carbocycles. The number of hydrogen-bond acceptors (Lipinski definition) is 1. The number of hydrogen-bond donors (Lipinski definition) is 0. The van der Waals surface area contributed by atoms with Gasteiger partial charge in [0.2, 0.25) is 0 Å². The first kappa shape index (κ1) is 56.0. The molecule has 1 nitrogen and oxygen atoms in total. The molecule has 0 spiro atoms. The van der Waals surface area contributed by atoms with Crippen molar-refractivity contribution in [3.8, 4) is 22.3 Å². The Labute approximate surface area is 744 Å². The zero-order valence-corrected chi connectivity index (χ0v) is 164. The Morgan fingerprint density at radius 3 is 0.891 bits per heavy atom. The molecule has 0 amide bonds. The van der Waals surface area contributed by atoms with Crippen molar-refractivity contribution in [2.24, 2.45) is 0 Å². The quantitative estimate of drug-likeness (QED) is 0.184. The standard InChI is InChI=1S/C28H6OS.16Ra.16H/c1-17-3-7-25-19(11-17)13-21-15-23(5-9-27(21)25)30(29)24-6-10-28-22(16-24)14-20-12-18(2)4-8-26(20)28;;;;;;;;;;;;;;;;;;;;;;;;;;;;;;;;/h1-2H3;;;;;;;;;;;;;;;;;;;;;;;;;;;;;;;;. The molecule has 0 saturated heterocycles. The van der Waals surface area contributed by atoms with Gasteiger partial charge in [-0.15, -0.1) is 0 Å². The third kappa shape index (κ3) is 10.7. The van der Waals surface area contributed by atoms with Crippen LogP contribution in [0.15, 0.2) is 9.79 Å². The molecule has 6 rings (SSSR count). The normalized spacial score (nSPS) is 14.7. The summed E-state index contributed by atoms with van der Waals surface area (Å²) in [6, 6.07) is 0. The summed E-state index contributed by atoms with van der Waals surface area (Å²) in [5, 5.41) is 0. The van der Waals surface area contributed by atoms with Crippen LogP contribution in [0.2, 0.25) is 0 Å². The molecular weight excluding hydrogens is 4000 g/mol. The van der Waals surface area contributed by atoms with Gasteiger partial charge in [0.15, 0.2) is 0 Å². The van der Waals surface area contributed by atoms with Crippen molar-refractivity contribution in [1.29, 1.82) is 0 Å². The van der Waals surface area contributed by atoms with Gasteiger partial charge in [0, 0.05) is 0 Å². The van der Waals surface area contributed by atoms with Crippen LogP contribution in [0.4, 0.5) is 0 Å². The van der Waals surface area contributed by atoms with Crippen molar-refractivity contribution in [2.75, 3.05) is 0 Å². The summed E-state index contributed by atoms with van der Waals surface area (Å²) in [7, 11) is 0. The Bertz CT molecular complexity index is 1970. The summed E-state index contributed by atoms with van der Waals surface area (Å²) in [5.74, 6) is 0. The van der Waals surface area contributed by atoms with Crippen molar-refractivity contribution < 1.29 is 689 Å². The Hall–Kier alpha value is 20.7. The zero-order chi connectivity index (χ0) is 34.4. The molecule has 4 aromatic rings. The van der Waals surface area contributed by atoms with E-state index >= 15 is 4.55 Å². The third-order valence-electron chi connectivity index (χ3n) is 13.2. The third-order valence-corrected chi connectivity index (χ3v) is 167. The summed E-state index contributed by atoms with van der Waals surface area (Å²) >= 11 is 4.73. The van der Waals surface area contributed by atoms with Crippen LogP contribution in [0.3, 0.4) is 0 Å². The molecule has 0 atom stereocenters. The Balaban J connectivity index is 1.66. The van der Waals surface area contributed by atoms with Crippen LogP contribution >= 0.6 is 0 Å². The van der Waals surface area contributed by atoms with E-state index in [1.807, 2.05) is 61.7 Å². The van der Waals surface area contributed by atoms with Gasteiger partial charge in [0.1, 0.15) is 0 Å². The van der Waals surface area contributed by atoms with E-state index in [-0.39, 0.29) is 257 Å². The van der Waals surface area contributed by atoms with Crippen molar-refractivity contribution in [3.63, 3.8) is 0 Å². The number of rotatable bonds is 2. The summed E-state index contributed by atoms with van der Waals surface area (Å²) in [5.41, 5.74) is 19.3. The van der Waals surface area contributed by atoms with Gasteiger partial charge in [-0.05, 0) is 0 Å². The zero-order valence-electron chi connectivity index (χ0n) is 31.8. The average Bonchev–Trinajstić information content (AvgIpc) is 3.38. The van der Waals surface area contributed by atoms with Crippen LogP contribution < -0.4 is 7.25 Å². The molecule has 0 aliphatic heterocycles. The number of fused-ring (bicyclic) bond motifs is 6. The van der Waals surface area contributed by atoms with E-state index in [0.29, 0.717) is 419 Å². The minimum absolute atomic E-state index is 0.202. The molecular formula is C28H22ORa16S. The van der Waals surface area contributed by atoms with Crippen molar-refractivity contribution in [1.82, 2.24) is 0 Å². The fourth-order valence-electron chi connectivity index (χ4n) is 10.2. The fourth-order valence-corrected chi connectivity index (χ4v) is 189. The second-order valence-corrected chi connectivity index (χ2v) is 167. The Kier molecular flexibility index (Phi) is 28.8. The predicted octanol–water partition coefficient (Wildman–Crippen LogP) is -8.16. The molecule has 0 radical (unpaired) electrons. The Morgan fingerprint density at radius 1 is 0.370 bits per heavy atom. The van der Waals surface area contributed by atoms with Crippen LogP contribution in [0, 0.1) is 699 Å². The molecule has 0 fully saturated rings. The monoisotopic (exact) mass is 4020 g/mol. The van der Waals surface area contributed by atoms with Crippen molar-refractivity contribution in [3.05, 3.63) is 33.4 Å². The van der Waals surface area contributed by atoms with E-state index in [2.05, 4.69) is 13.8 Å². The van der Waals surface area contributed by atoms with Crippen LogP contribution in [0.25, 0.3) is 22.3 Å². The van der Waals surface area contributed by atoms with Gasteiger partial charge in [-0.25, -0.2) is 0 Å². The van der Waals surface area contributed by atoms with E-state index in [1.165, 1.54) is 0 Å². The second kappa shape index (κ2) is 23.7. The summed E-state index contributed by atoms with van der Waals surface area (Å²) in [6.45, 7) is 5.11. The molecule has 2 aliphatic rings. The molecule has 4 aromatic carbocycles. The van der Waals surface area contributed by atoms with Gasteiger partial charge in [0.05, 0.1) is 0 Å². The van der Waals surface area contributed by atoms with Gasteiger partial charge in [-0.2, -0.15) is 0 Å². The van der Waals surface area contributed by atoms with Crippen LogP contribution in [0.5, 0.6) is 0 Å². The maximum atomic E-state index is 15.7. The van der Waals surface area contributed by atoms with E-state index < -0.39 is 11.2 Å². The SMILES string of the molecule is Cc1[c]([RaH])[c]([RaH])c2c([c]1[RaH])[C]([RaH])([RaH])c1[c]([RaH])c([S+]([O-])c3[c]([RaH])[c]([RaH])c4c([c]3[RaH])[C]([RaH])([RaH])c3[c]([RaH])c(C)[c]([RaH])[c]([RaH])c3-4)[c]([RaH])[c]([RaH])c1-2. The summed E-state index contributed by atoms with van der Waals surface area (Å²) in [6.07, 6.45) is 0. The van der Waals surface area contributed by atoms with Gasteiger partial charge in [-0.1, -0.05) is 0 Å². The average molecular weight is 4020 g/mol. The van der Waals surface area contributed by atoms with E-state index in [1.54, 1.807) is 11.0 Å². The second-order valence-electron chi connectivity index (χ2n) is 15.9. The topological polar surface area (TPSA) is 23.1 Å². The molecule has 0 unspecified atom stereocenters. The molecule has 0 aromatic heterocycles. The number of benzene rings is 4. The van der Waals surface area contributed by atoms with Crippen LogP contribution in [-0.4, -0.2) is 4.55 Å². The molecule has 0 N–H and O–H groups in total. The first-order chi connectivity index (χ1) is 21.1. The van der Waals surface area contributed by atoms with Crippen molar-refractivity contribution in [2.45, 2.75) is 14.6 Å². The molecule has 0 heterocycles. The molecule has 46 heavy (non-hydrogen) atoms. The molecule has 18 heteroatoms. The minimum atomic E-state index is -0.849. The fraction of sp³-hybridized carbons (Fsp3) is 0.143. The summed E-state index contributed by atoms with van der Waals surface area (Å²) in [4.78, 5) is 3.14. The van der Waals surface area contributed by atoms with Gasteiger partial charge in [0.25, 0.3) is 0 Å². The predicted molar refractivity (Wildman–Crippen MR) is 137 cm³/mol. The summed E-state index contributed by atoms with van der Waals surface area (Å²) < 4.78 is 39.7. The van der Waals surface area contributed by atoms with Crippen LogP contribution in [0.1, 0.15) is 33.4 Å². The molecule has 178 valence electrons. The van der Waals surface area contributed by atoms with Gasteiger partial charge >= 0.3 is 778 Å². The maximum absolute atomic E-state index is 15.7. The first-order valence-electron chi connectivity index (χ1n) is 17.1. The van der Waals surface area contributed by atoms with E-state index in [9.17, 15) is 0 Å².